The van der Waals surface area contributed by atoms with Crippen molar-refractivity contribution >= 4 is 5.91 Å². The Morgan fingerprint density at radius 3 is 2.96 bits per heavy atom. The highest BCUT2D eigenvalue weighted by Crippen LogP contribution is 2.22. The first-order chi connectivity index (χ1) is 12.1. The van der Waals surface area contributed by atoms with Gasteiger partial charge in [-0.05, 0) is 44.4 Å². The molecule has 3 rings (SSSR count). The van der Waals surface area contributed by atoms with E-state index in [1.54, 1.807) is 0 Å². The summed E-state index contributed by atoms with van der Waals surface area (Å²) in [7, 11) is 0. The van der Waals surface area contributed by atoms with E-state index in [9.17, 15) is 4.79 Å². The van der Waals surface area contributed by atoms with Gasteiger partial charge in [-0.15, -0.1) is 0 Å². The fraction of sp³-hybridized carbons (Fsp3) is 0.500. The molecule has 0 spiro atoms. The molecule has 25 heavy (non-hydrogen) atoms. The average molecular weight is 342 g/mol. The minimum Gasteiger partial charge on any atom is -0.493 e. The molecule has 1 aliphatic rings. The Hall–Kier alpha value is -2.30. The zero-order valence-electron chi connectivity index (χ0n) is 15.2. The highest BCUT2D eigenvalue weighted by molar-refractivity contribution is 5.92. The summed E-state index contributed by atoms with van der Waals surface area (Å²) >= 11 is 0. The number of likely N-dealkylation sites (tertiary alicyclic amines) is 1. The lowest BCUT2D eigenvalue weighted by Gasteiger charge is -2.32. The van der Waals surface area contributed by atoms with Crippen LogP contribution in [0.25, 0.3) is 0 Å². The first-order valence-electron chi connectivity index (χ1n) is 9.02. The number of rotatable bonds is 5. The number of piperidine rings is 1. The molecule has 1 aromatic carbocycles. The molecule has 1 fully saturated rings. The van der Waals surface area contributed by atoms with Gasteiger partial charge in [0.05, 0.1) is 12.3 Å². The van der Waals surface area contributed by atoms with Crippen LogP contribution in [0.15, 0.2) is 28.7 Å². The standard InChI is InChI=1S/C20H26N2O3/c1-4-18-21-15(3)19(25-18)20(23)22-10-6-8-16(12-22)13-24-17-9-5-7-14(2)11-17/h5,7,9,11,16H,4,6,8,10,12-13H2,1-3H3/t16-/m1/s1. The number of amides is 1. The highest BCUT2D eigenvalue weighted by Gasteiger charge is 2.28. The second kappa shape index (κ2) is 7.72. The molecule has 2 heterocycles. The Morgan fingerprint density at radius 1 is 1.40 bits per heavy atom. The largest absolute Gasteiger partial charge is 0.493 e. The van der Waals surface area contributed by atoms with E-state index in [1.165, 1.54) is 5.56 Å². The number of carbonyl (C=O) groups is 1. The maximum absolute atomic E-state index is 12.8. The van der Waals surface area contributed by atoms with E-state index in [2.05, 4.69) is 18.0 Å². The minimum absolute atomic E-state index is 0.0510. The van der Waals surface area contributed by atoms with Gasteiger partial charge >= 0.3 is 0 Å². The fourth-order valence-electron chi connectivity index (χ4n) is 3.25. The van der Waals surface area contributed by atoms with Crippen LogP contribution in [-0.4, -0.2) is 35.5 Å². The van der Waals surface area contributed by atoms with Crippen LogP contribution in [-0.2, 0) is 6.42 Å². The SMILES string of the molecule is CCc1nc(C)c(C(=O)N2CCC[C@@H](COc3cccc(C)c3)C2)o1. The van der Waals surface area contributed by atoms with Gasteiger partial charge in [0, 0.05) is 25.4 Å². The van der Waals surface area contributed by atoms with Crippen molar-refractivity contribution in [2.75, 3.05) is 19.7 Å². The number of benzene rings is 1. The summed E-state index contributed by atoms with van der Waals surface area (Å²) in [5, 5.41) is 0. The summed E-state index contributed by atoms with van der Waals surface area (Å²) in [6.07, 6.45) is 2.76. The molecule has 0 aliphatic carbocycles. The number of ether oxygens (including phenoxy) is 1. The van der Waals surface area contributed by atoms with E-state index < -0.39 is 0 Å². The Bertz CT molecular complexity index is 738. The fourth-order valence-corrected chi connectivity index (χ4v) is 3.25. The summed E-state index contributed by atoms with van der Waals surface area (Å²) in [5.41, 5.74) is 1.87. The van der Waals surface area contributed by atoms with Gasteiger partial charge in [-0.1, -0.05) is 19.1 Å². The molecule has 1 amide bonds. The Morgan fingerprint density at radius 2 is 2.24 bits per heavy atom. The molecule has 5 nitrogen and oxygen atoms in total. The molecule has 0 N–H and O–H groups in total. The van der Waals surface area contributed by atoms with Crippen molar-refractivity contribution in [3.05, 3.63) is 47.2 Å². The van der Waals surface area contributed by atoms with E-state index in [-0.39, 0.29) is 5.91 Å². The van der Waals surface area contributed by atoms with Crippen molar-refractivity contribution in [3.8, 4) is 5.75 Å². The zero-order chi connectivity index (χ0) is 17.8. The normalized spacial score (nSPS) is 17.6. The Kier molecular flexibility index (Phi) is 5.41. The van der Waals surface area contributed by atoms with Gasteiger partial charge in [0.15, 0.2) is 5.89 Å². The van der Waals surface area contributed by atoms with Gasteiger partial charge in [-0.2, -0.15) is 0 Å². The summed E-state index contributed by atoms with van der Waals surface area (Å²) in [5.74, 6) is 2.19. The average Bonchev–Trinajstić information content (AvgIpc) is 3.00. The van der Waals surface area contributed by atoms with E-state index in [0.717, 1.165) is 25.1 Å². The lowest BCUT2D eigenvalue weighted by molar-refractivity contribution is 0.0599. The van der Waals surface area contributed by atoms with Gasteiger partial charge in [0.1, 0.15) is 5.75 Å². The van der Waals surface area contributed by atoms with Crippen LogP contribution in [0.4, 0.5) is 0 Å². The molecule has 1 saturated heterocycles. The van der Waals surface area contributed by atoms with Crippen molar-refractivity contribution in [2.45, 2.75) is 40.0 Å². The van der Waals surface area contributed by atoms with Gasteiger partial charge < -0.3 is 14.1 Å². The molecular formula is C20H26N2O3. The molecule has 0 radical (unpaired) electrons. The summed E-state index contributed by atoms with van der Waals surface area (Å²) in [6.45, 7) is 7.95. The van der Waals surface area contributed by atoms with Gasteiger partial charge in [0.25, 0.3) is 5.91 Å². The molecular weight excluding hydrogens is 316 g/mol. The second-order valence-electron chi connectivity index (χ2n) is 6.76. The smallest absolute Gasteiger partial charge is 0.291 e. The molecule has 5 heteroatoms. The second-order valence-corrected chi connectivity index (χ2v) is 6.76. The van der Waals surface area contributed by atoms with Gasteiger partial charge in [-0.3, -0.25) is 4.79 Å². The highest BCUT2D eigenvalue weighted by atomic mass is 16.5. The lowest BCUT2D eigenvalue weighted by atomic mass is 9.98. The maximum atomic E-state index is 12.8. The predicted molar refractivity (Wildman–Crippen MR) is 95.9 cm³/mol. The van der Waals surface area contributed by atoms with E-state index >= 15 is 0 Å². The third kappa shape index (κ3) is 4.21. The van der Waals surface area contributed by atoms with Crippen LogP contribution >= 0.6 is 0 Å². The van der Waals surface area contributed by atoms with Crippen molar-refractivity contribution in [1.82, 2.24) is 9.88 Å². The number of aromatic nitrogens is 1. The molecule has 1 atom stereocenters. The van der Waals surface area contributed by atoms with Crippen LogP contribution in [0, 0.1) is 19.8 Å². The molecule has 0 bridgehead atoms. The number of oxazole rings is 1. The van der Waals surface area contributed by atoms with Gasteiger partial charge in [0.2, 0.25) is 5.76 Å². The number of carbonyl (C=O) groups excluding carboxylic acids is 1. The topological polar surface area (TPSA) is 55.6 Å². The molecule has 1 aliphatic heterocycles. The third-order valence-corrected chi connectivity index (χ3v) is 4.62. The van der Waals surface area contributed by atoms with Crippen molar-refractivity contribution in [1.29, 1.82) is 0 Å². The Balaban J connectivity index is 1.60. The predicted octanol–water partition coefficient (Wildman–Crippen LogP) is 3.79. The molecule has 2 aromatic rings. The van der Waals surface area contributed by atoms with Crippen LogP contribution in [0.3, 0.4) is 0 Å². The monoisotopic (exact) mass is 342 g/mol. The molecule has 0 saturated carbocycles. The summed E-state index contributed by atoms with van der Waals surface area (Å²) < 4.78 is 11.6. The van der Waals surface area contributed by atoms with E-state index in [0.29, 0.717) is 42.8 Å². The van der Waals surface area contributed by atoms with E-state index in [1.807, 2.05) is 36.9 Å². The van der Waals surface area contributed by atoms with Gasteiger partial charge in [-0.25, -0.2) is 4.98 Å². The maximum Gasteiger partial charge on any atom is 0.291 e. The number of aryl methyl sites for hydroxylation is 3. The zero-order valence-corrected chi connectivity index (χ0v) is 15.2. The van der Waals surface area contributed by atoms with Crippen LogP contribution in [0.5, 0.6) is 5.75 Å². The molecule has 1 aromatic heterocycles. The van der Waals surface area contributed by atoms with Crippen molar-refractivity contribution in [2.24, 2.45) is 5.92 Å². The van der Waals surface area contributed by atoms with Crippen LogP contribution < -0.4 is 4.74 Å². The Labute approximate surface area is 149 Å². The molecule has 134 valence electrons. The number of hydrogen-bond acceptors (Lipinski definition) is 4. The third-order valence-electron chi connectivity index (χ3n) is 4.62. The van der Waals surface area contributed by atoms with E-state index in [4.69, 9.17) is 9.15 Å². The summed E-state index contributed by atoms with van der Waals surface area (Å²) in [6, 6.07) is 8.07. The van der Waals surface area contributed by atoms with Crippen LogP contribution in [0.1, 0.15) is 47.5 Å². The molecule has 0 unspecified atom stereocenters. The van der Waals surface area contributed by atoms with Crippen molar-refractivity contribution < 1.29 is 13.9 Å². The first-order valence-corrected chi connectivity index (χ1v) is 9.02. The quantitative estimate of drug-likeness (QED) is 0.830. The lowest BCUT2D eigenvalue weighted by Crippen LogP contribution is -2.41. The minimum atomic E-state index is -0.0510. The summed E-state index contributed by atoms with van der Waals surface area (Å²) in [4.78, 5) is 19.0. The first kappa shape index (κ1) is 17.5. The number of nitrogens with zero attached hydrogens (tertiary/aromatic N) is 2. The van der Waals surface area contributed by atoms with Crippen molar-refractivity contribution in [3.63, 3.8) is 0 Å². The number of hydrogen-bond donors (Lipinski definition) is 0. The van der Waals surface area contributed by atoms with Crippen LogP contribution in [0.2, 0.25) is 0 Å².